The Bertz CT molecular complexity index is 948. The van der Waals surface area contributed by atoms with Crippen molar-refractivity contribution in [2.75, 3.05) is 23.4 Å². The first-order chi connectivity index (χ1) is 13.9. The van der Waals surface area contributed by atoms with Crippen molar-refractivity contribution in [2.24, 2.45) is 0 Å². The number of para-hydroxylation sites is 1. The van der Waals surface area contributed by atoms with Crippen LogP contribution in [0.1, 0.15) is 23.2 Å². The van der Waals surface area contributed by atoms with Crippen molar-refractivity contribution < 1.29 is 23.9 Å². The summed E-state index contributed by atoms with van der Waals surface area (Å²) in [4.78, 5) is 49.3. The second kappa shape index (κ2) is 9.20. The summed E-state index contributed by atoms with van der Waals surface area (Å²) in [7, 11) is 0. The molecular formula is C20H18ClN3O5. The third-order valence-electron chi connectivity index (χ3n) is 4.17. The monoisotopic (exact) mass is 415 g/mol. The van der Waals surface area contributed by atoms with Crippen LogP contribution in [0.2, 0.25) is 5.02 Å². The number of amides is 4. The maximum Gasteiger partial charge on any atom is 0.338 e. The zero-order valence-corrected chi connectivity index (χ0v) is 16.1. The van der Waals surface area contributed by atoms with E-state index in [1.807, 2.05) is 0 Å². The molecule has 2 aromatic carbocycles. The van der Waals surface area contributed by atoms with Gasteiger partial charge in [0.2, 0.25) is 5.91 Å². The summed E-state index contributed by atoms with van der Waals surface area (Å²) >= 11 is 6.14. The molecule has 0 bridgehead atoms. The van der Waals surface area contributed by atoms with Crippen LogP contribution < -0.4 is 15.5 Å². The number of halogens is 1. The molecule has 150 valence electrons. The lowest BCUT2D eigenvalue weighted by molar-refractivity contribution is -0.123. The number of rotatable bonds is 5. The van der Waals surface area contributed by atoms with Crippen LogP contribution in [0.25, 0.3) is 0 Å². The van der Waals surface area contributed by atoms with E-state index in [0.717, 1.165) is 6.42 Å². The van der Waals surface area contributed by atoms with Crippen LogP contribution in [0.5, 0.6) is 0 Å². The van der Waals surface area contributed by atoms with Gasteiger partial charge < -0.3 is 15.0 Å². The highest BCUT2D eigenvalue weighted by molar-refractivity contribution is 6.34. The summed E-state index contributed by atoms with van der Waals surface area (Å²) in [5, 5.41) is 4.88. The Hall–Kier alpha value is -3.39. The topological polar surface area (TPSA) is 105 Å². The minimum absolute atomic E-state index is 0.0683. The number of nitrogens with zero attached hydrogens (tertiary/aromatic N) is 1. The second-order valence-electron chi connectivity index (χ2n) is 6.26. The number of urea groups is 1. The molecule has 0 radical (unpaired) electrons. The molecule has 0 aliphatic carbocycles. The molecule has 9 heteroatoms. The second-order valence-corrected chi connectivity index (χ2v) is 6.67. The highest BCUT2D eigenvalue weighted by atomic mass is 35.5. The molecular weight excluding hydrogens is 398 g/mol. The van der Waals surface area contributed by atoms with Crippen molar-refractivity contribution in [3.05, 3.63) is 59.1 Å². The van der Waals surface area contributed by atoms with Gasteiger partial charge in [0.05, 0.1) is 16.3 Å². The molecule has 0 aromatic heterocycles. The first-order valence-electron chi connectivity index (χ1n) is 8.87. The number of carbonyl (C=O) groups excluding carboxylic acids is 4. The maximum absolute atomic E-state index is 12.2. The number of anilines is 2. The molecule has 2 aromatic rings. The smallest absolute Gasteiger partial charge is 0.338 e. The van der Waals surface area contributed by atoms with Crippen molar-refractivity contribution in [3.8, 4) is 0 Å². The van der Waals surface area contributed by atoms with E-state index in [4.69, 9.17) is 16.3 Å². The van der Waals surface area contributed by atoms with Gasteiger partial charge in [-0.3, -0.25) is 14.9 Å². The average molecular weight is 416 g/mol. The highest BCUT2D eigenvalue weighted by Crippen LogP contribution is 2.30. The molecule has 0 atom stereocenters. The molecule has 0 unspecified atom stereocenters. The van der Waals surface area contributed by atoms with E-state index in [0.29, 0.717) is 29.4 Å². The number of ether oxygens (including phenoxy) is 1. The quantitative estimate of drug-likeness (QED) is 0.730. The third kappa shape index (κ3) is 5.32. The van der Waals surface area contributed by atoms with Gasteiger partial charge in [-0.2, -0.15) is 0 Å². The van der Waals surface area contributed by atoms with Gasteiger partial charge in [-0.1, -0.05) is 29.8 Å². The molecule has 1 fully saturated rings. The fourth-order valence-corrected chi connectivity index (χ4v) is 3.03. The lowest BCUT2D eigenvalue weighted by atomic mass is 10.2. The van der Waals surface area contributed by atoms with E-state index in [1.165, 1.54) is 23.1 Å². The minimum Gasteiger partial charge on any atom is -0.452 e. The number of carbonyl (C=O) groups is 4. The summed E-state index contributed by atoms with van der Waals surface area (Å²) in [6.07, 6.45) is 1.14. The number of nitrogens with one attached hydrogen (secondary N) is 2. The Morgan fingerprint density at radius 3 is 2.55 bits per heavy atom. The Morgan fingerprint density at radius 1 is 1.10 bits per heavy atom. The van der Waals surface area contributed by atoms with Gasteiger partial charge in [-0.25, -0.2) is 9.59 Å². The molecule has 1 saturated heterocycles. The third-order valence-corrected chi connectivity index (χ3v) is 4.48. The molecule has 1 aliphatic heterocycles. The fourth-order valence-electron chi connectivity index (χ4n) is 2.81. The van der Waals surface area contributed by atoms with Crippen LogP contribution >= 0.6 is 11.6 Å². The Balaban J connectivity index is 1.54. The van der Waals surface area contributed by atoms with E-state index in [9.17, 15) is 19.2 Å². The van der Waals surface area contributed by atoms with Crippen LogP contribution in [0.4, 0.5) is 16.2 Å². The average Bonchev–Trinajstić information content (AvgIpc) is 3.13. The van der Waals surface area contributed by atoms with Crippen molar-refractivity contribution in [3.63, 3.8) is 0 Å². The summed E-state index contributed by atoms with van der Waals surface area (Å²) in [5.74, 6) is -1.62. The van der Waals surface area contributed by atoms with Gasteiger partial charge in [-0.15, -0.1) is 0 Å². The largest absolute Gasteiger partial charge is 0.452 e. The summed E-state index contributed by atoms with van der Waals surface area (Å²) in [6, 6.07) is 12.2. The number of esters is 1. The van der Waals surface area contributed by atoms with Crippen molar-refractivity contribution in [2.45, 2.75) is 12.8 Å². The van der Waals surface area contributed by atoms with E-state index >= 15 is 0 Å². The van der Waals surface area contributed by atoms with Crippen molar-refractivity contribution in [1.29, 1.82) is 0 Å². The molecule has 0 saturated carbocycles. The standard InChI is InChI=1S/C20H18ClN3O5/c21-15-9-8-13(11-16(15)24-10-4-7-18(24)26)19(27)29-12-17(25)23-20(28)22-14-5-2-1-3-6-14/h1-3,5-6,8-9,11H,4,7,10,12H2,(H2,22,23,25,28). The summed E-state index contributed by atoms with van der Waals surface area (Å²) in [5.41, 5.74) is 1.08. The van der Waals surface area contributed by atoms with E-state index < -0.39 is 24.5 Å². The highest BCUT2D eigenvalue weighted by Gasteiger charge is 2.25. The van der Waals surface area contributed by atoms with Crippen LogP contribution in [-0.2, 0) is 14.3 Å². The van der Waals surface area contributed by atoms with E-state index in [2.05, 4.69) is 10.6 Å². The molecule has 0 spiro atoms. The first-order valence-corrected chi connectivity index (χ1v) is 9.25. The molecule has 2 N–H and O–H groups in total. The predicted molar refractivity (Wildman–Crippen MR) is 107 cm³/mol. The van der Waals surface area contributed by atoms with E-state index in [-0.39, 0.29) is 11.5 Å². The lowest BCUT2D eigenvalue weighted by Gasteiger charge is -2.18. The number of hydrogen-bond donors (Lipinski definition) is 2. The van der Waals surface area contributed by atoms with E-state index in [1.54, 1.807) is 30.3 Å². The summed E-state index contributed by atoms with van der Waals surface area (Å²) in [6.45, 7) is -0.113. The van der Waals surface area contributed by atoms with Crippen molar-refractivity contribution in [1.82, 2.24) is 5.32 Å². The Labute approximate surface area is 171 Å². The Morgan fingerprint density at radius 2 is 1.86 bits per heavy atom. The Kier molecular flexibility index (Phi) is 6.46. The summed E-state index contributed by atoms with van der Waals surface area (Å²) < 4.78 is 4.95. The fraction of sp³-hybridized carbons (Fsp3) is 0.200. The number of hydrogen-bond acceptors (Lipinski definition) is 5. The number of imide groups is 1. The molecule has 8 nitrogen and oxygen atoms in total. The van der Waals surface area contributed by atoms with Gasteiger partial charge in [-0.05, 0) is 36.8 Å². The number of benzene rings is 2. The van der Waals surface area contributed by atoms with Gasteiger partial charge in [0.25, 0.3) is 5.91 Å². The minimum atomic E-state index is -0.782. The van der Waals surface area contributed by atoms with Crippen LogP contribution in [-0.4, -0.2) is 37.0 Å². The normalized spacial score (nSPS) is 13.1. The van der Waals surface area contributed by atoms with Gasteiger partial charge >= 0.3 is 12.0 Å². The molecule has 1 aliphatic rings. The predicted octanol–water partition coefficient (Wildman–Crippen LogP) is 2.97. The van der Waals surface area contributed by atoms with Crippen molar-refractivity contribution >= 4 is 46.8 Å². The first kappa shape index (κ1) is 20.3. The molecule has 29 heavy (non-hydrogen) atoms. The van der Waals surface area contributed by atoms with Crippen LogP contribution in [0, 0.1) is 0 Å². The molecule has 1 heterocycles. The zero-order chi connectivity index (χ0) is 20.8. The van der Waals surface area contributed by atoms with Gasteiger partial charge in [0.1, 0.15) is 0 Å². The van der Waals surface area contributed by atoms with Gasteiger partial charge in [0, 0.05) is 18.7 Å². The molecule has 4 amide bonds. The van der Waals surface area contributed by atoms with Crippen LogP contribution in [0.15, 0.2) is 48.5 Å². The molecule has 3 rings (SSSR count). The maximum atomic E-state index is 12.2. The lowest BCUT2D eigenvalue weighted by Crippen LogP contribution is -2.37. The van der Waals surface area contributed by atoms with Gasteiger partial charge in [0.15, 0.2) is 6.61 Å². The van der Waals surface area contributed by atoms with Crippen LogP contribution in [0.3, 0.4) is 0 Å². The SMILES string of the molecule is O=C(COC(=O)c1ccc(Cl)c(N2CCCC2=O)c1)NC(=O)Nc1ccccc1. The zero-order valence-electron chi connectivity index (χ0n) is 15.3.